The molecule has 2 heterocycles. The topological polar surface area (TPSA) is 54.0 Å². The third-order valence-electron chi connectivity index (χ3n) is 9.96. The molecule has 2 spiro atoms. The number of ether oxygens (including phenoxy) is 4. The van der Waals surface area contributed by atoms with Crippen molar-refractivity contribution in [2.24, 2.45) is 28.6 Å². The van der Waals surface area contributed by atoms with E-state index in [1.807, 2.05) is 6.08 Å². The summed E-state index contributed by atoms with van der Waals surface area (Å²) in [5, 5.41) is 0. The van der Waals surface area contributed by atoms with Crippen LogP contribution in [0.2, 0.25) is 0 Å². The molecular formula is C23H32O5. The zero-order valence-electron chi connectivity index (χ0n) is 17.1. The maximum absolute atomic E-state index is 12.0. The van der Waals surface area contributed by atoms with Crippen LogP contribution in [-0.4, -0.2) is 37.4 Å². The lowest BCUT2D eigenvalue weighted by molar-refractivity contribution is -0.248. The molecule has 0 amide bonds. The van der Waals surface area contributed by atoms with E-state index >= 15 is 0 Å². The number of carbonyl (C=O) groups excluding carboxylic acids is 1. The van der Waals surface area contributed by atoms with Crippen LogP contribution in [0.5, 0.6) is 0 Å². The van der Waals surface area contributed by atoms with E-state index in [-0.39, 0.29) is 16.4 Å². The van der Waals surface area contributed by atoms with Crippen LogP contribution >= 0.6 is 0 Å². The van der Waals surface area contributed by atoms with Crippen molar-refractivity contribution in [3.05, 3.63) is 11.6 Å². The first-order chi connectivity index (χ1) is 13.4. The van der Waals surface area contributed by atoms with Crippen LogP contribution in [-0.2, 0) is 23.7 Å². The number of hydrogen-bond acceptors (Lipinski definition) is 5. The second kappa shape index (κ2) is 5.69. The lowest BCUT2D eigenvalue weighted by atomic mass is 9.46. The summed E-state index contributed by atoms with van der Waals surface area (Å²) in [6.07, 6.45) is 10.6. The van der Waals surface area contributed by atoms with Crippen LogP contribution in [0.15, 0.2) is 11.6 Å². The molecule has 4 aliphatic carbocycles. The third kappa shape index (κ3) is 1.95. The van der Waals surface area contributed by atoms with Gasteiger partial charge >= 0.3 is 0 Å². The standard InChI is InChI=1S/C23H32O5/c1-20-8-5-16(24)11-15(20)3-4-17-18(20)6-9-21(2)19(17)7-10-22(21)23(28-14-26-22)12-25-13-27-23/h11,17-19H,3-10,12-14H2,1-2H3. The van der Waals surface area contributed by atoms with E-state index in [0.717, 1.165) is 32.1 Å². The molecule has 0 aromatic heterocycles. The SMILES string of the molecule is CC12CCC(=O)C=C1CCC1C2CCC2(C)C1CCC21OCOC12COCO2. The molecule has 5 heteroatoms. The van der Waals surface area contributed by atoms with Crippen molar-refractivity contribution in [2.45, 2.75) is 76.6 Å². The van der Waals surface area contributed by atoms with Gasteiger partial charge in [-0.2, -0.15) is 0 Å². The van der Waals surface area contributed by atoms with Crippen LogP contribution in [0.25, 0.3) is 0 Å². The average Bonchev–Trinajstić information content (AvgIpc) is 3.37. The summed E-state index contributed by atoms with van der Waals surface area (Å²) in [6.45, 7) is 5.98. The summed E-state index contributed by atoms with van der Waals surface area (Å²) < 4.78 is 24.3. The summed E-state index contributed by atoms with van der Waals surface area (Å²) in [7, 11) is 0. The minimum absolute atomic E-state index is 0.0560. The van der Waals surface area contributed by atoms with Crippen molar-refractivity contribution < 1.29 is 23.7 Å². The Morgan fingerprint density at radius 3 is 2.57 bits per heavy atom. The molecule has 2 saturated heterocycles. The van der Waals surface area contributed by atoms with Gasteiger partial charge in [0.15, 0.2) is 19.4 Å². The number of carbonyl (C=O) groups is 1. The van der Waals surface area contributed by atoms with Crippen molar-refractivity contribution in [3.63, 3.8) is 0 Å². The van der Waals surface area contributed by atoms with Crippen LogP contribution < -0.4 is 0 Å². The second-order valence-corrected chi connectivity index (χ2v) is 10.6. The van der Waals surface area contributed by atoms with Gasteiger partial charge in [-0.15, -0.1) is 0 Å². The monoisotopic (exact) mass is 388 g/mol. The number of fused-ring (bicyclic) bond motifs is 7. The summed E-state index contributed by atoms with van der Waals surface area (Å²) in [6, 6.07) is 0. The van der Waals surface area contributed by atoms with Crippen LogP contribution in [0, 0.1) is 28.6 Å². The van der Waals surface area contributed by atoms with Crippen molar-refractivity contribution in [2.75, 3.05) is 20.2 Å². The van der Waals surface area contributed by atoms with Crippen LogP contribution in [0.4, 0.5) is 0 Å². The largest absolute Gasteiger partial charge is 0.350 e. The minimum atomic E-state index is -0.718. The van der Waals surface area contributed by atoms with Gasteiger partial charge in [-0.3, -0.25) is 4.79 Å². The summed E-state index contributed by atoms with van der Waals surface area (Å²) in [5.41, 5.74) is 1.32. The van der Waals surface area contributed by atoms with E-state index in [2.05, 4.69) is 13.8 Å². The summed E-state index contributed by atoms with van der Waals surface area (Å²) in [5.74, 6) is 1.64. The van der Waals surface area contributed by atoms with Crippen LogP contribution in [0.3, 0.4) is 0 Å². The zero-order valence-corrected chi connectivity index (χ0v) is 17.1. The van der Waals surface area contributed by atoms with Gasteiger partial charge in [0, 0.05) is 11.8 Å². The first-order valence-electron chi connectivity index (χ1n) is 11.2. The molecule has 0 bridgehead atoms. The molecule has 6 aliphatic rings. The Hall–Kier alpha value is -0.750. The molecule has 7 atom stereocenters. The lowest BCUT2D eigenvalue weighted by Gasteiger charge is -2.60. The van der Waals surface area contributed by atoms with Crippen molar-refractivity contribution in [1.29, 1.82) is 0 Å². The highest BCUT2D eigenvalue weighted by Gasteiger charge is 2.75. The molecule has 0 aromatic carbocycles. The maximum Gasteiger partial charge on any atom is 0.226 e. The molecule has 5 fully saturated rings. The molecule has 5 nitrogen and oxygen atoms in total. The second-order valence-electron chi connectivity index (χ2n) is 10.6. The van der Waals surface area contributed by atoms with Gasteiger partial charge in [-0.05, 0) is 74.2 Å². The van der Waals surface area contributed by atoms with Crippen LogP contribution in [0.1, 0.15) is 65.2 Å². The van der Waals surface area contributed by atoms with Gasteiger partial charge in [0.1, 0.15) is 12.2 Å². The summed E-state index contributed by atoms with van der Waals surface area (Å²) >= 11 is 0. The fourth-order valence-corrected chi connectivity index (χ4v) is 8.54. The van der Waals surface area contributed by atoms with Gasteiger partial charge in [0.2, 0.25) is 5.79 Å². The number of allylic oxidation sites excluding steroid dienone is 1. The molecule has 0 N–H and O–H groups in total. The quantitative estimate of drug-likeness (QED) is 0.629. The Morgan fingerprint density at radius 1 is 0.929 bits per heavy atom. The van der Waals surface area contributed by atoms with E-state index in [4.69, 9.17) is 18.9 Å². The molecule has 0 aromatic rings. The molecule has 2 aliphatic heterocycles. The van der Waals surface area contributed by atoms with Gasteiger partial charge in [-0.1, -0.05) is 19.4 Å². The highest BCUT2D eigenvalue weighted by atomic mass is 16.9. The number of ketones is 1. The van der Waals surface area contributed by atoms with Gasteiger partial charge in [0.25, 0.3) is 0 Å². The maximum atomic E-state index is 12.0. The molecule has 6 rings (SSSR count). The van der Waals surface area contributed by atoms with E-state index < -0.39 is 5.79 Å². The molecule has 3 saturated carbocycles. The molecule has 154 valence electrons. The predicted octanol–water partition coefficient (Wildman–Crippen LogP) is 3.96. The van der Waals surface area contributed by atoms with Crippen molar-refractivity contribution >= 4 is 5.78 Å². The third-order valence-corrected chi connectivity index (χ3v) is 9.96. The van der Waals surface area contributed by atoms with Gasteiger partial charge in [-0.25, -0.2) is 0 Å². The van der Waals surface area contributed by atoms with E-state index in [1.165, 1.54) is 24.8 Å². The Kier molecular flexibility index (Phi) is 3.67. The fourth-order valence-electron chi connectivity index (χ4n) is 8.54. The predicted molar refractivity (Wildman–Crippen MR) is 101 cm³/mol. The Labute approximate surface area is 167 Å². The first-order valence-corrected chi connectivity index (χ1v) is 11.2. The smallest absolute Gasteiger partial charge is 0.226 e. The Balaban J connectivity index is 1.37. The zero-order chi connectivity index (χ0) is 19.2. The fraction of sp³-hybridized carbons (Fsp3) is 0.870. The highest BCUT2D eigenvalue weighted by molar-refractivity contribution is 5.91. The van der Waals surface area contributed by atoms with Crippen molar-refractivity contribution in [3.8, 4) is 0 Å². The number of hydrogen-bond donors (Lipinski definition) is 0. The van der Waals surface area contributed by atoms with Crippen molar-refractivity contribution in [1.82, 2.24) is 0 Å². The average molecular weight is 389 g/mol. The molecule has 0 radical (unpaired) electrons. The molecule has 7 unspecified atom stereocenters. The lowest BCUT2D eigenvalue weighted by Crippen LogP contribution is -2.63. The first kappa shape index (κ1) is 18.1. The summed E-state index contributed by atoms with van der Waals surface area (Å²) in [4.78, 5) is 12.0. The normalized spacial score (nSPS) is 55.3. The molecular weight excluding hydrogens is 356 g/mol. The Bertz CT molecular complexity index is 734. The van der Waals surface area contributed by atoms with E-state index in [1.54, 1.807) is 0 Å². The highest BCUT2D eigenvalue weighted by Crippen LogP contribution is 2.71. The van der Waals surface area contributed by atoms with Gasteiger partial charge < -0.3 is 18.9 Å². The van der Waals surface area contributed by atoms with E-state index in [9.17, 15) is 4.79 Å². The van der Waals surface area contributed by atoms with E-state index in [0.29, 0.717) is 43.7 Å². The minimum Gasteiger partial charge on any atom is -0.350 e. The van der Waals surface area contributed by atoms with Gasteiger partial charge in [0.05, 0.1) is 0 Å². The number of rotatable bonds is 0. The Morgan fingerprint density at radius 2 is 1.75 bits per heavy atom. The molecule has 28 heavy (non-hydrogen) atoms.